The maximum Gasteiger partial charge on any atom is 0.216 e. The topological polar surface area (TPSA) is 75.4 Å². The molecule has 2 aromatic carbocycles. The van der Waals surface area contributed by atoms with Crippen LogP contribution >= 0.6 is 28.1 Å². The second-order valence-electron chi connectivity index (χ2n) is 5.81. The smallest absolute Gasteiger partial charge is 0.216 e. The molecule has 1 saturated heterocycles. The van der Waals surface area contributed by atoms with Gasteiger partial charge in [-0.1, -0.05) is 28.1 Å². The van der Waals surface area contributed by atoms with E-state index in [4.69, 9.17) is 17.0 Å². The van der Waals surface area contributed by atoms with Crippen LogP contribution in [0.15, 0.2) is 39.9 Å². The highest BCUT2D eigenvalue weighted by molar-refractivity contribution is 9.10. The molecule has 1 fully saturated rings. The van der Waals surface area contributed by atoms with Crippen LogP contribution in [0.1, 0.15) is 30.3 Å². The number of nitrogens with one attached hydrogen (secondary N) is 1. The number of aromatic nitrogens is 3. The second kappa shape index (κ2) is 6.70. The van der Waals surface area contributed by atoms with Gasteiger partial charge in [-0.15, -0.1) is 0 Å². The highest BCUT2D eigenvalue weighted by Gasteiger charge is 2.23. The first-order valence-electron chi connectivity index (χ1n) is 7.88. The van der Waals surface area contributed by atoms with Gasteiger partial charge in [0.05, 0.1) is 6.21 Å². The number of aromatic amines is 1. The SMILES string of the molecule is Oc1ccc2cc(Br)ccc2c1/C=N\n1c(C2CCCO2)n[nH]c1=S. The number of H-pyrrole nitrogens is 1. The van der Waals surface area contributed by atoms with Crippen LogP contribution in [-0.2, 0) is 4.74 Å². The quantitative estimate of drug-likeness (QED) is 0.491. The minimum atomic E-state index is -0.109. The van der Waals surface area contributed by atoms with Crippen LogP contribution < -0.4 is 0 Å². The molecule has 1 aliphatic heterocycles. The fourth-order valence-corrected chi connectivity index (χ4v) is 3.53. The average molecular weight is 419 g/mol. The van der Waals surface area contributed by atoms with Gasteiger partial charge in [-0.3, -0.25) is 5.10 Å². The Kier molecular flexibility index (Phi) is 4.41. The van der Waals surface area contributed by atoms with E-state index in [1.165, 1.54) is 0 Å². The number of rotatable bonds is 3. The Labute approximate surface area is 157 Å². The Morgan fingerprint density at radius 1 is 1.40 bits per heavy atom. The first-order chi connectivity index (χ1) is 12.1. The molecule has 0 spiro atoms. The van der Waals surface area contributed by atoms with E-state index in [0.29, 0.717) is 22.8 Å². The van der Waals surface area contributed by atoms with Crippen molar-refractivity contribution in [2.45, 2.75) is 18.9 Å². The molecule has 4 rings (SSSR count). The predicted octanol–water partition coefficient (Wildman–Crippen LogP) is 4.30. The summed E-state index contributed by atoms with van der Waals surface area (Å²) in [6.45, 7) is 0.715. The number of hydrogen-bond donors (Lipinski definition) is 2. The summed E-state index contributed by atoms with van der Waals surface area (Å²) in [7, 11) is 0. The highest BCUT2D eigenvalue weighted by atomic mass is 79.9. The zero-order chi connectivity index (χ0) is 17.4. The van der Waals surface area contributed by atoms with E-state index >= 15 is 0 Å². The van der Waals surface area contributed by atoms with Crippen molar-refractivity contribution in [3.63, 3.8) is 0 Å². The summed E-state index contributed by atoms with van der Waals surface area (Å²) in [5.74, 6) is 0.813. The summed E-state index contributed by atoms with van der Waals surface area (Å²) in [5.41, 5.74) is 0.631. The van der Waals surface area contributed by atoms with Gasteiger partial charge < -0.3 is 9.84 Å². The molecule has 3 aromatic rings. The molecule has 1 aliphatic rings. The lowest BCUT2D eigenvalue weighted by Crippen LogP contribution is -2.05. The summed E-state index contributed by atoms with van der Waals surface area (Å²) < 4.78 is 8.60. The summed E-state index contributed by atoms with van der Waals surface area (Å²) in [5, 5.41) is 23.6. The number of aromatic hydroxyl groups is 1. The zero-order valence-electron chi connectivity index (χ0n) is 13.1. The third-order valence-corrected chi connectivity index (χ3v) is 4.95. The molecule has 0 radical (unpaired) electrons. The lowest BCUT2D eigenvalue weighted by molar-refractivity contribution is 0.102. The number of hydrogen-bond acceptors (Lipinski definition) is 5. The molecular formula is C17H15BrN4O2S. The normalized spacial score (nSPS) is 17.7. The molecule has 2 heterocycles. The van der Waals surface area contributed by atoms with Gasteiger partial charge in [-0.25, -0.2) is 0 Å². The van der Waals surface area contributed by atoms with Crippen LogP contribution in [-0.4, -0.2) is 32.8 Å². The summed E-state index contributed by atoms with van der Waals surface area (Å²) >= 11 is 8.74. The van der Waals surface area contributed by atoms with Crippen molar-refractivity contribution >= 4 is 45.1 Å². The predicted molar refractivity (Wildman–Crippen MR) is 102 cm³/mol. The summed E-state index contributed by atoms with van der Waals surface area (Å²) in [4.78, 5) is 0. The van der Waals surface area contributed by atoms with E-state index in [1.54, 1.807) is 17.0 Å². The number of ether oxygens (including phenoxy) is 1. The average Bonchev–Trinajstić information content (AvgIpc) is 3.24. The van der Waals surface area contributed by atoms with Crippen molar-refractivity contribution in [3.05, 3.63) is 51.0 Å². The first kappa shape index (κ1) is 16.4. The van der Waals surface area contributed by atoms with E-state index in [9.17, 15) is 5.11 Å². The Balaban J connectivity index is 1.78. The van der Waals surface area contributed by atoms with Crippen LogP contribution in [0.25, 0.3) is 10.8 Å². The van der Waals surface area contributed by atoms with Gasteiger partial charge in [-0.05, 0) is 54.0 Å². The molecular weight excluding hydrogens is 404 g/mol. The van der Waals surface area contributed by atoms with E-state index in [-0.39, 0.29) is 11.9 Å². The number of phenols is 1. The number of fused-ring (bicyclic) bond motifs is 1. The molecule has 8 heteroatoms. The molecule has 1 unspecified atom stereocenters. The minimum absolute atomic E-state index is 0.109. The summed E-state index contributed by atoms with van der Waals surface area (Å²) in [6, 6.07) is 9.39. The fourth-order valence-electron chi connectivity index (χ4n) is 2.97. The molecule has 128 valence electrons. The van der Waals surface area contributed by atoms with Crippen LogP contribution in [0.2, 0.25) is 0 Å². The molecule has 1 aromatic heterocycles. The van der Waals surface area contributed by atoms with Gasteiger partial charge >= 0.3 is 0 Å². The second-order valence-corrected chi connectivity index (χ2v) is 7.11. The van der Waals surface area contributed by atoms with Crippen LogP contribution in [0, 0.1) is 4.77 Å². The van der Waals surface area contributed by atoms with Crippen molar-refractivity contribution in [2.75, 3.05) is 6.61 Å². The van der Waals surface area contributed by atoms with Crippen molar-refractivity contribution in [3.8, 4) is 5.75 Å². The van der Waals surface area contributed by atoms with Gasteiger partial charge in [0.2, 0.25) is 4.77 Å². The Morgan fingerprint density at radius 2 is 2.28 bits per heavy atom. The number of benzene rings is 2. The molecule has 0 bridgehead atoms. The molecule has 25 heavy (non-hydrogen) atoms. The molecule has 6 nitrogen and oxygen atoms in total. The number of halogens is 1. The molecule has 1 atom stereocenters. The highest BCUT2D eigenvalue weighted by Crippen LogP contribution is 2.29. The lowest BCUT2D eigenvalue weighted by atomic mass is 10.0. The summed E-state index contributed by atoms with van der Waals surface area (Å²) in [6.07, 6.45) is 3.38. The van der Waals surface area contributed by atoms with Crippen molar-refractivity contribution < 1.29 is 9.84 Å². The van der Waals surface area contributed by atoms with Gasteiger partial charge in [0.15, 0.2) is 5.82 Å². The minimum Gasteiger partial charge on any atom is -0.507 e. The van der Waals surface area contributed by atoms with Crippen LogP contribution in [0.3, 0.4) is 0 Å². The number of nitrogens with zero attached hydrogens (tertiary/aromatic N) is 3. The van der Waals surface area contributed by atoms with E-state index in [2.05, 4.69) is 31.2 Å². The lowest BCUT2D eigenvalue weighted by Gasteiger charge is -2.08. The zero-order valence-corrected chi connectivity index (χ0v) is 15.5. The maximum absolute atomic E-state index is 10.3. The number of phenolic OH excluding ortho intramolecular Hbond substituents is 1. The molecule has 0 amide bonds. The fraction of sp³-hybridized carbons (Fsp3) is 0.235. The maximum atomic E-state index is 10.3. The first-order valence-corrected chi connectivity index (χ1v) is 9.08. The molecule has 0 saturated carbocycles. The molecule has 0 aliphatic carbocycles. The van der Waals surface area contributed by atoms with E-state index in [0.717, 1.165) is 28.1 Å². The van der Waals surface area contributed by atoms with Crippen LogP contribution in [0.5, 0.6) is 5.75 Å². The van der Waals surface area contributed by atoms with Gasteiger partial charge in [0.25, 0.3) is 0 Å². The molecule has 2 N–H and O–H groups in total. The van der Waals surface area contributed by atoms with Crippen molar-refractivity contribution in [1.82, 2.24) is 14.9 Å². The van der Waals surface area contributed by atoms with Gasteiger partial charge in [-0.2, -0.15) is 14.9 Å². The van der Waals surface area contributed by atoms with Crippen molar-refractivity contribution in [1.29, 1.82) is 0 Å². The van der Waals surface area contributed by atoms with Crippen molar-refractivity contribution in [2.24, 2.45) is 5.10 Å². The standard InChI is InChI=1S/C17H15BrN4O2S/c18-11-4-5-12-10(8-11)3-6-14(23)13(12)9-19-22-16(20-21-17(22)25)15-2-1-7-24-15/h3-6,8-9,15,23H,1-2,7H2,(H,21,25)/b19-9-. The largest absolute Gasteiger partial charge is 0.507 e. The van der Waals surface area contributed by atoms with E-state index in [1.807, 2.05) is 24.3 Å². The third kappa shape index (κ3) is 3.12. The Bertz CT molecular complexity index is 1020. The van der Waals surface area contributed by atoms with E-state index < -0.39 is 0 Å². The Hall–Kier alpha value is -2.03. The monoisotopic (exact) mass is 418 g/mol. The van der Waals surface area contributed by atoms with Gasteiger partial charge in [0.1, 0.15) is 11.9 Å². The Morgan fingerprint density at radius 3 is 3.08 bits per heavy atom. The van der Waals surface area contributed by atoms with Crippen LogP contribution in [0.4, 0.5) is 0 Å². The third-order valence-electron chi connectivity index (χ3n) is 4.20. The van der Waals surface area contributed by atoms with Gasteiger partial charge in [0, 0.05) is 16.6 Å².